The largest absolute Gasteiger partial charge is 0.0683 e. The summed E-state index contributed by atoms with van der Waals surface area (Å²) in [5, 5.41) is 0. The van der Waals surface area contributed by atoms with Crippen molar-refractivity contribution in [1.82, 2.24) is 0 Å². The topological polar surface area (TPSA) is 0 Å². The molecular formula is C62H92. The zero-order valence-electron chi connectivity index (χ0n) is 43.0. The summed E-state index contributed by atoms with van der Waals surface area (Å²) in [7, 11) is 0. The van der Waals surface area contributed by atoms with Crippen LogP contribution in [0.4, 0.5) is 0 Å². The zero-order chi connectivity index (χ0) is 48.1. The predicted octanol–water partition coefficient (Wildman–Crippen LogP) is 20.5. The van der Waals surface area contributed by atoms with E-state index in [1.807, 2.05) is 159 Å². The average Bonchev–Trinajstić information content (AvgIpc) is 3.41. The molecule has 0 amide bonds. The standard InChI is InChI=1S/C15H16.C13H12.C12H10.C6H6.8C2H6/c1-15(2,13-9-5-3-6-10-13)14-11-7-4-8-12-14;1-3-7-12(8-4-1)11-13-9-5-2-6-10-13;1-3-7-11(8-4-1)12-9-5-2-6-10-12;1-2-4-6-5-3-1;8*1-2/h3-12H,1-2H3;1-10H,11H2;1-10H;1-6H;8*1-2H3. The van der Waals surface area contributed by atoms with E-state index in [9.17, 15) is 0 Å². The molecule has 7 rings (SSSR count). The predicted molar refractivity (Wildman–Crippen MR) is 290 cm³/mol. The molecule has 0 spiro atoms. The molecule has 0 aliphatic carbocycles. The highest BCUT2D eigenvalue weighted by Crippen LogP contribution is 2.30. The molecule has 0 fully saturated rings. The second kappa shape index (κ2) is 53.6. The minimum atomic E-state index is 0.0858. The van der Waals surface area contributed by atoms with Gasteiger partial charge >= 0.3 is 0 Å². The van der Waals surface area contributed by atoms with E-state index in [0.717, 1.165) is 6.42 Å². The third kappa shape index (κ3) is 33.3. The Morgan fingerprint density at radius 1 is 0.226 bits per heavy atom. The zero-order valence-corrected chi connectivity index (χ0v) is 43.0. The minimum Gasteiger partial charge on any atom is -0.0683 e. The molecule has 0 saturated heterocycles. The molecule has 0 aliphatic rings. The molecule has 0 aromatic heterocycles. The van der Waals surface area contributed by atoms with Gasteiger partial charge in [0.25, 0.3) is 0 Å². The molecule has 0 radical (unpaired) electrons. The van der Waals surface area contributed by atoms with Crippen molar-refractivity contribution in [3.05, 3.63) is 241 Å². The van der Waals surface area contributed by atoms with Crippen molar-refractivity contribution in [1.29, 1.82) is 0 Å². The van der Waals surface area contributed by atoms with E-state index in [1.54, 1.807) is 0 Å². The normalized spacial score (nSPS) is 8.23. The first kappa shape index (κ1) is 65.7. The van der Waals surface area contributed by atoms with E-state index < -0.39 is 0 Å². The van der Waals surface area contributed by atoms with Gasteiger partial charge in [0.15, 0.2) is 0 Å². The highest BCUT2D eigenvalue weighted by molar-refractivity contribution is 5.62. The van der Waals surface area contributed by atoms with Gasteiger partial charge in [-0.25, -0.2) is 0 Å². The Morgan fingerprint density at radius 2 is 0.387 bits per heavy atom. The van der Waals surface area contributed by atoms with E-state index in [-0.39, 0.29) is 5.41 Å². The average molecular weight is 837 g/mol. The number of hydrogen-bond donors (Lipinski definition) is 0. The SMILES string of the molecule is CC.CC.CC.CC.CC.CC.CC.CC.CC(C)(c1ccccc1)c1ccccc1.c1ccc(-c2ccccc2)cc1.c1ccc(Cc2ccccc2)cc1.c1ccccc1. The Kier molecular flexibility index (Phi) is 56.7. The molecule has 0 unspecified atom stereocenters. The lowest BCUT2D eigenvalue weighted by atomic mass is 9.78. The highest BCUT2D eigenvalue weighted by Gasteiger charge is 2.21. The molecule has 0 atom stereocenters. The van der Waals surface area contributed by atoms with Crippen molar-refractivity contribution in [2.24, 2.45) is 0 Å². The monoisotopic (exact) mass is 837 g/mol. The molecule has 0 bridgehead atoms. The molecule has 0 aliphatic heterocycles. The first-order valence-electron chi connectivity index (χ1n) is 23.9. The lowest BCUT2D eigenvalue weighted by molar-refractivity contribution is 0.641. The van der Waals surface area contributed by atoms with Gasteiger partial charge in [0.2, 0.25) is 0 Å². The van der Waals surface area contributed by atoms with Crippen LogP contribution in [0.2, 0.25) is 0 Å². The Labute approximate surface area is 386 Å². The smallest absolute Gasteiger partial charge is 0.0146 e. The van der Waals surface area contributed by atoms with Crippen LogP contribution in [0.15, 0.2) is 218 Å². The van der Waals surface area contributed by atoms with E-state index in [2.05, 4.69) is 184 Å². The van der Waals surface area contributed by atoms with Crippen LogP contribution in [0.5, 0.6) is 0 Å². The molecule has 0 heteroatoms. The van der Waals surface area contributed by atoms with Gasteiger partial charge in [-0.2, -0.15) is 0 Å². The van der Waals surface area contributed by atoms with E-state index >= 15 is 0 Å². The summed E-state index contributed by atoms with van der Waals surface area (Å²) in [6.45, 7) is 36.5. The van der Waals surface area contributed by atoms with Crippen molar-refractivity contribution < 1.29 is 0 Å². The quantitative estimate of drug-likeness (QED) is 0.162. The molecule has 340 valence electrons. The Morgan fingerprint density at radius 3 is 0.597 bits per heavy atom. The summed E-state index contributed by atoms with van der Waals surface area (Å²) < 4.78 is 0. The molecule has 7 aromatic carbocycles. The van der Waals surface area contributed by atoms with Crippen LogP contribution in [0.3, 0.4) is 0 Å². The van der Waals surface area contributed by atoms with Gasteiger partial charge < -0.3 is 0 Å². The van der Waals surface area contributed by atoms with E-state index in [1.165, 1.54) is 33.4 Å². The summed E-state index contributed by atoms with van der Waals surface area (Å²) >= 11 is 0. The lowest BCUT2D eigenvalue weighted by Crippen LogP contribution is -2.18. The summed E-state index contributed by atoms with van der Waals surface area (Å²) in [5.41, 5.74) is 8.09. The van der Waals surface area contributed by atoms with Crippen molar-refractivity contribution >= 4 is 0 Å². The van der Waals surface area contributed by atoms with Crippen LogP contribution in [-0.2, 0) is 11.8 Å². The Balaban J connectivity index is -0.000000214. The van der Waals surface area contributed by atoms with Crippen LogP contribution < -0.4 is 0 Å². The third-order valence-electron chi connectivity index (χ3n) is 7.63. The molecule has 0 heterocycles. The first-order valence-corrected chi connectivity index (χ1v) is 23.9. The summed E-state index contributed by atoms with van der Waals surface area (Å²) in [4.78, 5) is 0. The molecule has 0 nitrogen and oxygen atoms in total. The van der Waals surface area contributed by atoms with Crippen LogP contribution in [0.1, 0.15) is 147 Å². The van der Waals surface area contributed by atoms with Crippen molar-refractivity contribution in [3.8, 4) is 11.1 Å². The molecule has 0 N–H and O–H groups in total. The van der Waals surface area contributed by atoms with Crippen LogP contribution in [0, 0.1) is 0 Å². The lowest BCUT2D eigenvalue weighted by Gasteiger charge is -2.25. The minimum absolute atomic E-state index is 0.0858. The van der Waals surface area contributed by atoms with E-state index in [0.29, 0.717) is 0 Å². The van der Waals surface area contributed by atoms with Crippen molar-refractivity contribution in [3.63, 3.8) is 0 Å². The van der Waals surface area contributed by atoms with E-state index in [4.69, 9.17) is 0 Å². The second-order valence-corrected chi connectivity index (χ2v) is 11.4. The number of benzene rings is 7. The fraction of sp³-hybridized carbons (Fsp3) is 0.323. The van der Waals surface area contributed by atoms with Gasteiger partial charge in [0.05, 0.1) is 0 Å². The Hall–Kier alpha value is -5.46. The van der Waals surface area contributed by atoms with Gasteiger partial charge in [-0.3, -0.25) is 0 Å². The number of hydrogen-bond acceptors (Lipinski definition) is 0. The fourth-order valence-corrected chi connectivity index (χ4v) is 4.95. The third-order valence-corrected chi connectivity index (χ3v) is 7.63. The van der Waals surface area contributed by atoms with Crippen molar-refractivity contribution in [2.45, 2.75) is 136 Å². The second-order valence-electron chi connectivity index (χ2n) is 11.4. The Bertz CT molecular complexity index is 1570. The maximum atomic E-state index is 2.26. The molecular weight excluding hydrogens is 745 g/mol. The van der Waals surface area contributed by atoms with Crippen molar-refractivity contribution in [2.75, 3.05) is 0 Å². The maximum Gasteiger partial charge on any atom is 0.0146 e. The number of rotatable bonds is 5. The molecule has 0 saturated carbocycles. The highest BCUT2D eigenvalue weighted by atomic mass is 14.2. The summed E-state index contributed by atoms with van der Waals surface area (Å²) in [5.74, 6) is 0. The van der Waals surface area contributed by atoms with Gasteiger partial charge in [-0.15, -0.1) is 0 Å². The first-order chi connectivity index (χ1) is 30.6. The summed E-state index contributed by atoms with van der Waals surface area (Å²) in [6, 6.07) is 75.1. The van der Waals surface area contributed by atoms with Gasteiger partial charge in [0, 0.05) is 5.41 Å². The fourth-order valence-electron chi connectivity index (χ4n) is 4.95. The van der Waals surface area contributed by atoms with Crippen LogP contribution in [0.25, 0.3) is 11.1 Å². The van der Waals surface area contributed by atoms with Gasteiger partial charge in [-0.05, 0) is 39.8 Å². The maximum absolute atomic E-state index is 2.26. The van der Waals surface area contributed by atoms with Gasteiger partial charge in [0.1, 0.15) is 0 Å². The van der Waals surface area contributed by atoms with Crippen LogP contribution >= 0.6 is 0 Å². The summed E-state index contributed by atoms with van der Waals surface area (Å²) in [6.07, 6.45) is 1.03. The molecule has 7 aromatic rings. The van der Waals surface area contributed by atoms with Crippen LogP contribution in [-0.4, -0.2) is 0 Å². The van der Waals surface area contributed by atoms with Gasteiger partial charge in [-0.1, -0.05) is 343 Å². The molecule has 62 heavy (non-hydrogen) atoms.